The summed E-state index contributed by atoms with van der Waals surface area (Å²) in [5.41, 5.74) is 3.23. The molecule has 4 aliphatic heterocycles. The molecule has 3 aromatic heterocycles. The second kappa shape index (κ2) is 18.9. The van der Waals surface area contributed by atoms with Crippen LogP contribution in [0.25, 0.3) is 5.65 Å². The standard InChI is InChI=1S/C47H52F2N12O6/c48-42(49)41-36(52-44(63)34-25-51-59-15-14-38(53-43(34)59)58-20-22-67-23-21-58)28-60(55-41)32-10-8-31(9-11-32)27-57-18-16-56(17-19-57)26-30-6-4-29(5-7-30)24-50-35-3-1-2-33-40(35)47(66)61(46(33)65)37-12-13-39(62)54-45(37)64/h1-7,14-15,25,28,31-32,37,42,50H,8-13,16-24,26-27H2,(H,52,63)(H,54,62,64)/t31-,32-,37?. The van der Waals surface area contributed by atoms with Crippen molar-refractivity contribution >= 4 is 52.4 Å². The van der Waals surface area contributed by atoms with E-state index in [2.05, 4.69) is 70.1 Å². The van der Waals surface area contributed by atoms with Crippen molar-refractivity contribution in [1.82, 2.24) is 44.4 Å². The number of hydrogen-bond donors (Lipinski definition) is 3. The molecule has 5 aromatic rings. The number of fused-ring (bicyclic) bond motifs is 2. The van der Waals surface area contributed by atoms with Crippen LogP contribution in [0, 0.1) is 5.92 Å². The highest BCUT2D eigenvalue weighted by atomic mass is 19.3. The molecule has 67 heavy (non-hydrogen) atoms. The van der Waals surface area contributed by atoms with Gasteiger partial charge in [-0.3, -0.25) is 43.8 Å². The van der Waals surface area contributed by atoms with Crippen molar-refractivity contribution < 1.29 is 37.5 Å². The van der Waals surface area contributed by atoms with E-state index < -0.39 is 47.7 Å². The van der Waals surface area contributed by atoms with Crippen LogP contribution in [-0.4, -0.2) is 134 Å². The Kier molecular flexibility index (Phi) is 12.5. The smallest absolute Gasteiger partial charge is 0.284 e. The Bertz CT molecular complexity index is 2690. The van der Waals surface area contributed by atoms with Gasteiger partial charge in [0.15, 0.2) is 11.3 Å². The van der Waals surface area contributed by atoms with Gasteiger partial charge < -0.3 is 25.2 Å². The van der Waals surface area contributed by atoms with Crippen molar-refractivity contribution in [1.29, 1.82) is 0 Å². The second-order valence-corrected chi connectivity index (χ2v) is 18.0. The summed E-state index contributed by atoms with van der Waals surface area (Å²) in [5, 5.41) is 16.8. The maximum absolute atomic E-state index is 14.3. The maximum Gasteiger partial charge on any atom is 0.284 e. The Hall–Kier alpha value is -6.64. The lowest BCUT2D eigenvalue weighted by Crippen LogP contribution is -2.54. The van der Waals surface area contributed by atoms with E-state index in [1.807, 2.05) is 6.07 Å². The molecule has 2 aromatic carbocycles. The minimum absolute atomic E-state index is 0.0105. The van der Waals surface area contributed by atoms with E-state index in [9.17, 15) is 32.8 Å². The van der Waals surface area contributed by atoms with Crippen molar-refractivity contribution in [2.75, 3.05) is 74.6 Å². The summed E-state index contributed by atoms with van der Waals surface area (Å²) in [4.78, 5) is 77.0. The fourth-order valence-electron chi connectivity index (χ4n) is 10.00. The maximum atomic E-state index is 14.3. The van der Waals surface area contributed by atoms with Gasteiger partial charge in [0.25, 0.3) is 24.1 Å². The first-order valence-electron chi connectivity index (χ1n) is 23.0. The van der Waals surface area contributed by atoms with Crippen LogP contribution in [0.2, 0.25) is 0 Å². The number of hydrogen-bond acceptors (Lipinski definition) is 13. The number of nitrogens with one attached hydrogen (secondary N) is 3. The van der Waals surface area contributed by atoms with Crippen LogP contribution >= 0.6 is 0 Å². The first kappa shape index (κ1) is 44.2. The SMILES string of the molecule is O=C1CCC(N2C(=O)c3cccc(NCc4ccc(CN5CCN(C[C@H]6CC[C@H](n7cc(NC(=O)c8cnn9ccc(N%10CCOCC%10)nc89)c(C(F)F)n7)CC6)CC5)cc4)c3C2=O)C(=O)N1. The van der Waals surface area contributed by atoms with E-state index in [4.69, 9.17) is 4.74 Å². The van der Waals surface area contributed by atoms with Crippen molar-refractivity contribution in [2.45, 2.75) is 70.1 Å². The molecular formula is C47H52F2N12O6. The van der Waals surface area contributed by atoms with E-state index in [1.54, 1.807) is 29.1 Å². The molecule has 1 atom stereocenters. The van der Waals surface area contributed by atoms with Gasteiger partial charge in [-0.2, -0.15) is 10.2 Å². The average Bonchev–Trinajstić information content (AvgIpc) is 4.04. The Morgan fingerprint density at radius 1 is 0.851 bits per heavy atom. The number of morpholine rings is 1. The summed E-state index contributed by atoms with van der Waals surface area (Å²) in [6.45, 7) is 8.56. The number of piperazine rings is 1. The van der Waals surface area contributed by atoms with E-state index in [1.165, 1.54) is 22.5 Å². The fourth-order valence-corrected chi connectivity index (χ4v) is 10.00. The molecule has 0 bridgehead atoms. The first-order valence-corrected chi connectivity index (χ1v) is 23.0. The van der Waals surface area contributed by atoms with Gasteiger partial charge in [-0.1, -0.05) is 30.3 Å². The molecule has 10 rings (SSSR count). The highest BCUT2D eigenvalue weighted by Gasteiger charge is 2.45. The zero-order valence-corrected chi connectivity index (χ0v) is 36.9. The number of rotatable bonds is 13. The molecule has 7 heterocycles. The molecule has 0 radical (unpaired) electrons. The Labute approximate surface area is 384 Å². The molecule has 1 saturated carbocycles. The summed E-state index contributed by atoms with van der Waals surface area (Å²) >= 11 is 0. The zero-order chi connectivity index (χ0) is 46.2. The molecule has 3 saturated heterocycles. The van der Waals surface area contributed by atoms with Gasteiger partial charge in [0, 0.05) is 83.4 Å². The fraction of sp³-hybridized carbons (Fsp3) is 0.447. The molecule has 5 aliphatic rings. The summed E-state index contributed by atoms with van der Waals surface area (Å²) in [6, 6.07) is 14.1. The van der Waals surface area contributed by atoms with E-state index in [-0.39, 0.29) is 41.3 Å². The number of carbonyl (C=O) groups is 5. The zero-order valence-electron chi connectivity index (χ0n) is 36.9. The van der Waals surface area contributed by atoms with Crippen LogP contribution in [-0.2, 0) is 27.4 Å². The predicted molar refractivity (Wildman–Crippen MR) is 241 cm³/mol. The predicted octanol–water partition coefficient (Wildman–Crippen LogP) is 4.51. The van der Waals surface area contributed by atoms with Crippen molar-refractivity contribution in [3.63, 3.8) is 0 Å². The highest BCUT2D eigenvalue weighted by molar-refractivity contribution is 6.25. The van der Waals surface area contributed by atoms with Crippen molar-refractivity contribution in [3.8, 4) is 0 Å². The Morgan fingerprint density at radius 2 is 1.60 bits per heavy atom. The molecule has 3 N–H and O–H groups in total. The molecule has 5 amide bonds. The minimum Gasteiger partial charge on any atom is -0.380 e. The largest absolute Gasteiger partial charge is 0.380 e. The lowest BCUT2D eigenvalue weighted by atomic mass is 9.85. The third kappa shape index (κ3) is 9.24. The van der Waals surface area contributed by atoms with Crippen LogP contribution in [0.1, 0.15) is 98.9 Å². The molecule has 1 unspecified atom stereocenters. The van der Waals surface area contributed by atoms with Crippen molar-refractivity contribution in [2.24, 2.45) is 5.92 Å². The van der Waals surface area contributed by atoms with E-state index in [0.29, 0.717) is 55.9 Å². The van der Waals surface area contributed by atoms with Gasteiger partial charge in [0.05, 0.1) is 42.3 Å². The number of aromatic nitrogens is 5. The van der Waals surface area contributed by atoms with E-state index >= 15 is 0 Å². The molecule has 0 spiro atoms. The van der Waals surface area contributed by atoms with Gasteiger partial charge in [-0.25, -0.2) is 18.3 Å². The van der Waals surface area contributed by atoms with Crippen molar-refractivity contribution in [3.05, 3.63) is 101 Å². The lowest BCUT2D eigenvalue weighted by Gasteiger charge is -2.38. The molecule has 4 fully saturated rings. The van der Waals surface area contributed by atoms with Gasteiger partial charge in [0.1, 0.15) is 17.4 Å². The normalized spacial score (nSPS) is 21.9. The van der Waals surface area contributed by atoms with Gasteiger partial charge >= 0.3 is 0 Å². The summed E-state index contributed by atoms with van der Waals surface area (Å²) in [7, 11) is 0. The number of nitrogens with zero attached hydrogens (tertiary/aromatic N) is 9. The number of piperidine rings is 1. The molecule has 18 nitrogen and oxygen atoms in total. The number of alkyl halides is 2. The number of imide groups is 2. The first-order chi connectivity index (χ1) is 32.6. The molecule has 1 aliphatic carbocycles. The Balaban J connectivity index is 0.675. The van der Waals surface area contributed by atoms with Crippen LogP contribution in [0.3, 0.4) is 0 Å². The van der Waals surface area contributed by atoms with Gasteiger partial charge in [0.2, 0.25) is 11.8 Å². The Morgan fingerprint density at radius 3 is 2.34 bits per heavy atom. The van der Waals surface area contributed by atoms with Crippen LogP contribution in [0.5, 0.6) is 0 Å². The summed E-state index contributed by atoms with van der Waals surface area (Å²) in [6.07, 6.45) is 5.50. The number of halogens is 2. The van der Waals surface area contributed by atoms with Gasteiger partial charge in [-0.05, 0) is 67.3 Å². The van der Waals surface area contributed by atoms with Crippen LogP contribution in [0.15, 0.2) is 67.1 Å². The van der Waals surface area contributed by atoms with Crippen LogP contribution < -0.4 is 20.9 Å². The van der Waals surface area contributed by atoms with E-state index in [0.717, 1.165) is 75.4 Å². The molecular weight excluding hydrogens is 867 g/mol. The molecule has 20 heteroatoms. The molecule has 350 valence electrons. The monoisotopic (exact) mass is 918 g/mol. The third-order valence-corrected chi connectivity index (χ3v) is 13.7. The number of ether oxygens (including phenoxy) is 1. The quantitative estimate of drug-likeness (QED) is 0.140. The third-order valence-electron chi connectivity index (χ3n) is 13.7. The van der Waals surface area contributed by atoms with Gasteiger partial charge in [-0.15, -0.1) is 0 Å². The highest BCUT2D eigenvalue weighted by Crippen LogP contribution is 2.36. The number of benzene rings is 2. The number of amides is 5. The second-order valence-electron chi connectivity index (χ2n) is 18.0. The number of anilines is 3. The lowest BCUT2D eigenvalue weighted by molar-refractivity contribution is -0.136. The topological polar surface area (TPSA) is 192 Å². The average molecular weight is 919 g/mol. The summed E-state index contributed by atoms with van der Waals surface area (Å²) in [5.74, 6) is -1.52. The summed E-state index contributed by atoms with van der Waals surface area (Å²) < 4.78 is 37.1. The minimum atomic E-state index is -2.86. The van der Waals surface area contributed by atoms with Crippen LogP contribution in [0.4, 0.5) is 26.0 Å². The number of carbonyl (C=O) groups excluding carboxylic acids is 5.